The van der Waals surface area contributed by atoms with Crippen LogP contribution in [-0.2, 0) is 9.59 Å². The van der Waals surface area contributed by atoms with Crippen LogP contribution in [0.4, 0.5) is 11.4 Å². The van der Waals surface area contributed by atoms with Gasteiger partial charge in [0.2, 0.25) is 11.8 Å². The Morgan fingerprint density at radius 3 is 2.48 bits per heavy atom. The number of halogens is 1. The highest BCUT2D eigenvalue weighted by molar-refractivity contribution is 7.99. The minimum absolute atomic E-state index is 0.0228. The predicted octanol–water partition coefficient (Wildman–Crippen LogP) is 3.88. The molecule has 2 fully saturated rings. The molecule has 2 saturated heterocycles. The van der Waals surface area contributed by atoms with Gasteiger partial charge in [0, 0.05) is 48.1 Å². The lowest BCUT2D eigenvalue weighted by atomic mass is 10.1. The SMILES string of the molecule is O=C1CC(C(=O)N2CCSC2c2ccc([N+](=O)[O-])cc2)CN1c1ccc(Cl)cc1. The number of nitro groups is 1. The number of carbonyl (C=O) groups is 2. The Hall–Kier alpha value is -2.58. The zero-order valence-corrected chi connectivity index (χ0v) is 16.9. The number of amides is 2. The van der Waals surface area contributed by atoms with Crippen LogP contribution in [0.15, 0.2) is 48.5 Å². The summed E-state index contributed by atoms with van der Waals surface area (Å²) in [5.74, 6) is 0.250. The lowest BCUT2D eigenvalue weighted by Gasteiger charge is -2.26. The number of carbonyl (C=O) groups excluding carboxylic acids is 2. The van der Waals surface area contributed by atoms with Gasteiger partial charge in [0.25, 0.3) is 5.69 Å². The molecular weight excluding hydrogens is 414 g/mol. The lowest BCUT2D eigenvalue weighted by Crippen LogP contribution is -2.37. The van der Waals surface area contributed by atoms with Gasteiger partial charge in [-0.1, -0.05) is 11.6 Å². The van der Waals surface area contributed by atoms with Crippen LogP contribution < -0.4 is 4.90 Å². The summed E-state index contributed by atoms with van der Waals surface area (Å²) in [6.45, 7) is 0.935. The number of hydrogen-bond donors (Lipinski definition) is 0. The topological polar surface area (TPSA) is 83.8 Å². The highest BCUT2D eigenvalue weighted by Gasteiger charge is 2.41. The van der Waals surface area contributed by atoms with Gasteiger partial charge >= 0.3 is 0 Å². The molecule has 0 radical (unpaired) electrons. The molecule has 2 aromatic rings. The molecule has 2 unspecified atom stereocenters. The second-order valence-electron chi connectivity index (χ2n) is 6.99. The molecule has 2 atom stereocenters. The first kappa shape index (κ1) is 19.7. The second-order valence-corrected chi connectivity index (χ2v) is 8.61. The first-order valence-electron chi connectivity index (χ1n) is 9.16. The summed E-state index contributed by atoms with van der Waals surface area (Å²) in [7, 11) is 0. The number of anilines is 1. The highest BCUT2D eigenvalue weighted by Crippen LogP contribution is 2.40. The predicted molar refractivity (Wildman–Crippen MR) is 112 cm³/mol. The molecule has 2 aliphatic rings. The van der Waals surface area contributed by atoms with Crippen LogP contribution in [0.3, 0.4) is 0 Å². The highest BCUT2D eigenvalue weighted by atomic mass is 35.5. The fourth-order valence-electron chi connectivity index (χ4n) is 3.71. The van der Waals surface area contributed by atoms with Gasteiger partial charge in [-0.3, -0.25) is 19.7 Å². The van der Waals surface area contributed by atoms with Crippen molar-refractivity contribution in [2.24, 2.45) is 5.92 Å². The summed E-state index contributed by atoms with van der Waals surface area (Å²) in [6, 6.07) is 13.3. The fourth-order valence-corrected chi connectivity index (χ4v) is 5.10. The minimum atomic E-state index is -0.440. The molecule has 2 heterocycles. The van der Waals surface area contributed by atoms with Crippen LogP contribution in [-0.4, -0.2) is 40.5 Å². The summed E-state index contributed by atoms with van der Waals surface area (Å²) >= 11 is 7.54. The van der Waals surface area contributed by atoms with E-state index in [1.807, 2.05) is 0 Å². The Balaban J connectivity index is 1.49. The third-order valence-corrected chi connectivity index (χ3v) is 6.69. The standard InChI is InChI=1S/C20H18ClN3O4S/c21-15-3-7-16(8-4-15)23-12-14(11-18(23)25)19(26)22-9-10-29-20(22)13-1-5-17(6-2-13)24(27)28/h1-8,14,20H,9-12H2. The van der Waals surface area contributed by atoms with Crippen LogP contribution in [0.25, 0.3) is 0 Å². The Morgan fingerprint density at radius 2 is 1.83 bits per heavy atom. The van der Waals surface area contributed by atoms with Crippen molar-refractivity contribution in [3.63, 3.8) is 0 Å². The van der Waals surface area contributed by atoms with Gasteiger partial charge in [-0.05, 0) is 42.0 Å². The molecule has 0 spiro atoms. The third kappa shape index (κ3) is 3.95. The molecule has 0 bridgehead atoms. The largest absolute Gasteiger partial charge is 0.325 e. The van der Waals surface area contributed by atoms with E-state index < -0.39 is 10.8 Å². The van der Waals surface area contributed by atoms with Crippen LogP contribution in [0.1, 0.15) is 17.4 Å². The molecule has 150 valence electrons. The van der Waals surface area contributed by atoms with E-state index in [9.17, 15) is 19.7 Å². The summed E-state index contributed by atoms with van der Waals surface area (Å²) in [6.07, 6.45) is 0.176. The maximum absolute atomic E-state index is 13.2. The summed E-state index contributed by atoms with van der Waals surface area (Å²) in [5, 5.41) is 11.3. The van der Waals surface area contributed by atoms with Crippen molar-refractivity contribution < 1.29 is 14.5 Å². The number of nitrogens with zero attached hydrogens (tertiary/aromatic N) is 3. The van der Waals surface area contributed by atoms with Crippen molar-refractivity contribution in [1.82, 2.24) is 4.90 Å². The molecule has 2 aromatic carbocycles. The van der Waals surface area contributed by atoms with E-state index in [2.05, 4.69) is 0 Å². The average Bonchev–Trinajstić information content (AvgIpc) is 3.35. The van der Waals surface area contributed by atoms with E-state index in [0.29, 0.717) is 18.1 Å². The van der Waals surface area contributed by atoms with Crippen molar-refractivity contribution in [1.29, 1.82) is 0 Å². The number of benzene rings is 2. The average molecular weight is 432 g/mol. The molecule has 2 amide bonds. The van der Waals surface area contributed by atoms with E-state index in [-0.39, 0.29) is 29.3 Å². The second kappa shape index (κ2) is 8.04. The number of non-ortho nitro benzene ring substituents is 1. The molecule has 7 nitrogen and oxygen atoms in total. The molecule has 4 rings (SSSR count). The Morgan fingerprint density at radius 1 is 1.14 bits per heavy atom. The van der Waals surface area contributed by atoms with E-state index in [4.69, 9.17) is 11.6 Å². The fraction of sp³-hybridized carbons (Fsp3) is 0.300. The van der Waals surface area contributed by atoms with Gasteiger partial charge in [-0.15, -0.1) is 11.8 Å². The van der Waals surface area contributed by atoms with E-state index >= 15 is 0 Å². The Bertz CT molecular complexity index is 951. The zero-order chi connectivity index (χ0) is 20.5. The number of thioether (sulfide) groups is 1. The van der Waals surface area contributed by atoms with Gasteiger partial charge in [0.15, 0.2) is 0 Å². The summed E-state index contributed by atoms with van der Waals surface area (Å²) in [4.78, 5) is 39.5. The van der Waals surface area contributed by atoms with Gasteiger partial charge in [0.05, 0.1) is 10.8 Å². The van der Waals surface area contributed by atoms with Crippen LogP contribution in [0, 0.1) is 16.0 Å². The maximum atomic E-state index is 13.2. The lowest BCUT2D eigenvalue weighted by molar-refractivity contribution is -0.384. The van der Waals surface area contributed by atoms with Crippen molar-refractivity contribution in [2.75, 3.05) is 23.7 Å². The Labute approximate surface area is 176 Å². The van der Waals surface area contributed by atoms with Crippen LogP contribution in [0.5, 0.6) is 0 Å². The molecule has 2 aliphatic heterocycles. The van der Waals surface area contributed by atoms with E-state index in [1.54, 1.807) is 58.0 Å². The first-order chi connectivity index (χ1) is 13.9. The molecule has 29 heavy (non-hydrogen) atoms. The van der Waals surface area contributed by atoms with Gasteiger partial charge < -0.3 is 9.80 Å². The number of rotatable bonds is 4. The molecular formula is C20H18ClN3O4S. The molecule has 9 heteroatoms. The summed E-state index contributed by atoms with van der Waals surface area (Å²) in [5.41, 5.74) is 1.61. The smallest absolute Gasteiger partial charge is 0.269 e. The van der Waals surface area contributed by atoms with Gasteiger partial charge in [-0.25, -0.2) is 0 Å². The quantitative estimate of drug-likeness (QED) is 0.542. The maximum Gasteiger partial charge on any atom is 0.269 e. The molecule has 0 aromatic heterocycles. The van der Waals surface area contributed by atoms with E-state index in [0.717, 1.165) is 17.0 Å². The zero-order valence-electron chi connectivity index (χ0n) is 15.4. The molecule has 0 N–H and O–H groups in total. The minimum Gasteiger partial charge on any atom is -0.325 e. The van der Waals surface area contributed by atoms with E-state index in [1.165, 1.54) is 12.1 Å². The van der Waals surface area contributed by atoms with Crippen molar-refractivity contribution in [2.45, 2.75) is 11.8 Å². The summed E-state index contributed by atoms with van der Waals surface area (Å²) < 4.78 is 0. The number of hydrogen-bond acceptors (Lipinski definition) is 5. The normalized spacial score (nSPS) is 21.6. The monoisotopic (exact) mass is 431 g/mol. The number of nitro benzene ring substituents is 1. The van der Waals surface area contributed by atoms with Crippen molar-refractivity contribution in [3.8, 4) is 0 Å². The van der Waals surface area contributed by atoms with Crippen molar-refractivity contribution in [3.05, 3.63) is 69.2 Å². The van der Waals surface area contributed by atoms with Crippen LogP contribution in [0.2, 0.25) is 5.02 Å². The molecule has 0 saturated carbocycles. The molecule has 0 aliphatic carbocycles. The van der Waals surface area contributed by atoms with Gasteiger partial charge in [-0.2, -0.15) is 0 Å². The van der Waals surface area contributed by atoms with Gasteiger partial charge in [0.1, 0.15) is 5.37 Å². The first-order valence-corrected chi connectivity index (χ1v) is 10.6. The van der Waals surface area contributed by atoms with Crippen LogP contribution >= 0.6 is 23.4 Å². The Kier molecular flexibility index (Phi) is 5.47. The van der Waals surface area contributed by atoms with Crippen molar-refractivity contribution >= 4 is 46.6 Å². The third-order valence-electron chi connectivity index (χ3n) is 5.18.